The first kappa shape index (κ1) is 22.0. The highest BCUT2D eigenvalue weighted by atomic mass is 35.5. The van der Waals surface area contributed by atoms with Crippen LogP contribution < -0.4 is 5.32 Å². The number of esters is 1. The summed E-state index contributed by atoms with van der Waals surface area (Å²) >= 11 is 0. The first-order chi connectivity index (χ1) is 9.31. The molecule has 0 aromatic rings. The number of carbonyl (C=O) groups excluding carboxylic acids is 1. The van der Waals surface area contributed by atoms with Gasteiger partial charge in [0.15, 0.2) is 0 Å². The van der Waals surface area contributed by atoms with Gasteiger partial charge < -0.3 is 10.1 Å². The fourth-order valence-electron chi connectivity index (χ4n) is 2.15. The lowest BCUT2D eigenvalue weighted by Gasteiger charge is -2.04. The second-order valence-corrected chi connectivity index (χ2v) is 5.26. The minimum Gasteiger partial charge on any atom is -0.469 e. The molecular formula is C16H34ClNO2. The molecule has 0 radical (unpaired) electrons. The Hall–Kier alpha value is -0.280. The van der Waals surface area contributed by atoms with Crippen molar-refractivity contribution in [2.75, 3.05) is 20.2 Å². The molecule has 1 N–H and O–H groups in total. The number of hydrogen-bond acceptors (Lipinski definition) is 3. The Labute approximate surface area is 131 Å². The van der Waals surface area contributed by atoms with Gasteiger partial charge in [0.2, 0.25) is 0 Å². The summed E-state index contributed by atoms with van der Waals surface area (Å²) in [4.78, 5) is 10.9. The molecule has 122 valence electrons. The van der Waals surface area contributed by atoms with E-state index in [1.165, 1.54) is 71.3 Å². The van der Waals surface area contributed by atoms with Gasteiger partial charge in [0.1, 0.15) is 0 Å². The van der Waals surface area contributed by atoms with Crippen LogP contribution in [-0.2, 0) is 9.53 Å². The summed E-state index contributed by atoms with van der Waals surface area (Å²) in [5, 5.41) is 3.28. The number of halogens is 1. The summed E-state index contributed by atoms with van der Waals surface area (Å²) in [5.41, 5.74) is 0. The normalized spacial score (nSPS) is 10.1. The summed E-state index contributed by atoms with van der Waals surface area (Å²) in [7, 11) is 1.44. The van der Waals surface area contributed by atoms with Crippen LogP contribution in [0.2, 0.25) is 0 Å². The Kier molecular flexibility index (Phi) is 20.6. The first-order valence-electron chi connectivity index (χ1n) is 8.08. The van der Waals surface area contributed by atoms with Gasteiger partial charge in [0.25, 0.3) is 0 Å². The van der Waals surface area contributed by atoms with Crippen LogP contribution >= 0.6 is 12.4 Å². The Morgan fingerprint density at radius 2 is 1.35 bits per heavy atom. The van der Waals surface area contributed by atoms with Gasteiger partial charge >= 0.3 is 5.97 Å². The lowest BCUT2D eigenvalue weighted by atomic mass is 10.1. The number of carbonyl (C=O) groups is 1. The van der Waals surface area contributed by atoms with E-state index in [0.717, 1.165) is 13.1 Å². The van der Waals surface area contributed by atoms with Gasteiger partial charge in [-0.05, 0) is 13.0 Å². The van der Waals surface area contributed by atoms with Gasteiger partial charge in [-0.15, -0.1) is 12.4 Å². The largest absolute Gasteiger partial charge is 0.469 e. The maximum atomic E-state index is 10.9. The minimum absolute atomic E-state index is 0. The number of rotatable bonds is 14. The van der Waals surface area contributed by atoms with Crippen molar-refractivity contribution in [2.24, 2.45) is 0 Å². The third kappa shape index (κ3) is 17.7. The predicted molar refractivity (Wildman–Crippen MR) is 88.6 cm³/mol. The summed E-state index contributed by atoms with van der Waals surface area (Å²) in [5.74, 6) is -0.129. The van der Waals surface area contributed by atoms with Crippen LogP contribution in [0.1, 0.15) is 77.6 Å². The van der Waals surface area contributed by atoms with Gasteiger partial charge in [-0.2, -0.15) is 0 Å². The van der Waals surface area contributed by atoms with Crippen LogP contribution in [-0.4, -0.2) is 26.2 Å². The van der Waals surface area contributed by atoms with Gasteiger partial charge in [0.05, 0.1) is 13.5 Å². The smallest absolute Gasteiger partial charge is 0.306 e. The van der Waals surface area contributed by atoms with E-state index in [9.17, 15) is 4.79 Å². The van der Waals surface area contributed by atoms with E-state index < -0.39 is 0 Å². The van der Waals surface area contributed by atoms with Crippen LogP contribution in [0.5, 0.6) is 0 Å². The van der Waals surface area contributed by atoms with E-state index in [-0.39, 0.29) is 18.4 Å². The van der Waals surface area contributed by atoms with Crippen molar-refractivity contribution < 1.29 is 9.53 Å². The molecule has 4 heteroatoms. The maximum absolute atomic E-state index is 10.9. The second-order valence-electron chi connectivity index (χ2n) is 5.26. The first-order valence-corrected chi connectivity index (χ1v) is 8.08. The molecule has 0 fully saturated rings. The van der Waals surface area contributed by atoms with Crippen LogP contribution in [0.4, 0.5) is 0 Å². The van der Waals surface area contributed by atoms with E-state index in [1.54, 1.807) is 0 Å². The quantitative estimate of drug-likeness (QED) is 0.380. The molecule has 0 saturated heterocycles. The summed E-state index contributed by atoms with van der Waals surface area (Å²) in [6.45, 7) is 4.02. The maximum Gasteiger partial charge on any atom is 0.306 e. The van der Waals surface area contributed by atoms with Crippen LogP contribution in [0.25, 0.3) is 0 Å². The molecule has 0 aromatic heterocycles. The molecule has 0 rings (SSSR count). The van der Waals surface area contributed by atoms with Crippen LogP contribution in [0.15, 0.2) is 0 Å². The van der Waals surface area contributed by atoms with Crippen LogP contribution in [0, 0.1) is 0 Å². The average molecular weight is 308 g/mol. The fraction of sp³-hybridized carbons (Fsp3) is 0.938. The molecule has 20 heavy (non-hydrogen) atoms. The van der Waals surface area contributed by atoms with Crippen molar-refractivity contribution >= 4 is 18.4 Å². The van der Waals surface area contributed by atoms with E-state index in [4.69, 9.17) is 0 Å². The average Bonchev–Trinajstić information content (AvgIpc) is 2.43. The third-order valence-corrected chi connectivity index (χ3v) is 3.44. The molecule has 0 aromatic carbocycles. The molecule has 0 amide bonds. The lowest BCUT2D eigenvalue weighted by molar-refractivity contribution is -0.140. The minimum atomic E-state index is -0.129. The molecule has 0 heterocycles. The second kappa shape index (κ2) is 18.7. The van der Waals surface area contributed by atoms with Gasteiger partial charge in [0, 0.05) is 6.54 Å². The fourth-order valence-corrected chi connectivity index (χ4v) is 2.15. The number of unbranched alkanes of at least 4 members (excludes halogenated alkanes) is 9. The molecule has 0 spiro atoms. The van der Waals surface area contributed by atoms with Gasteiger partial charge in [-0.25, -0.2) is 0 Å². The SMILES string of the molecule is CCCCCCCCCCCCNCCC(=O)OC.Cl. The van der Waals surface area contributed by atoms with Gasteiger partial charge in [-0.1, -0.05) is 64.7 Å². The molecule has 3 nitrogen and oxygen atoms in total. The number of methoxy groups -OCH3 is 1. The summed E-state index contributed by atoms with van der Waals surface area (Å²) < 4.78 is 4.58. The van der Waals surface area contributed by atoms with Crippen molar-refractivity contribution in [3.63, 3.8) is 0 Å². The van der Waals surface area contributed by atoms with Crippen molar-refractivity contribution in [2.45, 2.75) is 77.6 Å². The highest BCUT2D eigenvalue weighted by Crippen LogP contribution is 2.10. The number of hydrogen-bond donors (Lipinski definition) is 1. The monoisotopic (exact) mass is 307 g/mol. The Morgan fingerprint density at radius 1 is 0.850 bits per heavy atom. The highest BCUT2D eigenvalue weighted by Gasteiger charge is 1.98. The Morgan fingerprint density at radius 3 is 1.85 bits per heavy atom. The number of ether oxygens (including phenoxy) is 1. The molecule has 0 aliphatic rings. The van der Waals surface area contributed by atoms with E-state index in [0.29, 0.717) is 6.42 Å². The topological polar surface area (TPSA) is 38.3 Å². The molecule has 0 aliphatic carbocycles. The summed E-state index contributed by atoms with van der Waals surface area (Å²) in [6.07, 6.45) is 14.1. The van der Waals surface area contributed by atoms with Crippen molar-refractivity contribution in [1.82, 2.24) is 5.32 Å². The van der Waals surface area contributed by atoms with E-state index in [1.807, 2.05) is 0 Å². The van der Waals surface area contributed by atoms with E-state index in [2.05, 4.69) is 17.0 Å². The van der Waals surface area contributed by atoms with Crippen molar-refractivity contribution in [3.8, 4) is 0 Å². The van der Waals surface area contributed by atoms with E-state index >= 15 is 0 Å². The third-order valence-electron chi connectivity index (χ3n) is 3.44. The molecule has 0 aliphatic heterocycles. The summed E-state index contributed by atoms with van der Waals surface area (Å²) in [6, 6.07) is 0. The number of nitrogens with one attached hydrogen (secondary N) is 1. The molecular weight excluding hydrogens is 274 g/mol. The zero-order chi connectivity index (χ0) is 14.2. The van der Waals surface area contributed by atoms with Crippen molar-refractivity contribution in [3.05, 3.63) is 0 Å². The highest BCUT2D eigenvalue weighted by molar-refractivity contribution is 5.85. The molecule has 0 unspecified atom stereocenters. The van der Waals surface area contributed by atoms with Crippen LogP contribution in [0.3, 0.4) is 0 Å². The Bertz CT molecular complexity index is 201. The lowest BCUT2D eigenvalue weighted by Crippen LogP contribution is -2.19. The van der Waals surface area contributed by atoms with Gasteiger partial charge in [-0.3, -0.25) is 4.79 Å². The zero-order valence-corrected chi connectivity index (χ0v) is 14.2. The standard InChI is InChI=1S/C16H33NO2.ClH/c1-3-4-5-6-7-8-9-10-11-12-14-17-15-13-16(18)19-2;/h17H,3-15H2,1-2H3;1H. The molecule has 0 saturated carbocycles. The zero-order valence-electron chi connectivity index (χ0n) is 13.4. The molecule has 0 bridgehead atoms. The van der Waals surface area contributed by atoms with Crippen molar-refractivity contribution in [1.29, 1.82) is 0 Å². The molecule has 0 atom stereocenters. The Balaban J connectivity index is 0. The predicted octanol–water partition coefficient (Wildman–Crippen LogP) is 4.48.